The number of likely N-dealkylation sites (tertiary alicyclic amines) is 1. The van der Waals surface area contributed by atoms with Crippen LogP contribution in [0.2, 0.25) is 0 Å². The lowest BCUT2D eigenvalue weighted by molar-refractivity contribution is -0.137. The summed E-state index contributed by atoms with van der Waals surface area (Å²) in [5.41, 5.74) is 1.32. The number of carbonyl (C=O) groups excluding carboxylic acids is 1. The lowest BCUT2D eigenvalue weighted by Gasteiger charge is -2.39. The van der Waals surface area contributed by atoms with E-state index in [1.165, 1.54) is 18.4 Å². The van der Waals surface area contributed by atoms with Crippen LogP contribution in [0.1, 0.15) is 75.7 Å². The van der Waals surface area contributed by atoms with Crippen LogP contribution in [0.25, 0.3) is 0 Å². The van der Waals surface area contributed by atoms with Gasteiger partial charge in [0.15, 0.2) is 0 Å². The van der Waals surface area contributed by atoms with Crippen LogP contribution in [-0.4, -0.2) is 55.4 Å². The minimum Gasteiger partial charge on any atom is -0.493 e. The lowest BCUT2D eigenvalue weighted by Crippen LogP contribution is -2.44. The highest BCUT2D eigenvalue weighted by atomic mass is 16.5. The molecule has 4 atom stereocenters. The van der Waals surface area contributed by atoms with E-state index < -0.39 is 0 Å². The third kappa shape index (κ3) is 6.26. The van der Waals surface area contributed by atoms with Crippen molar-refractivity contribution in [3.05, 3.63) is 29.8 Å². The van der Waals surface area contributed by atoms with Gasteiger partial charge in [-0.25, -0.2) is 0 Å². The quantitative estimate of drug-likeness (QED) is 0.500. The molecule has 1 aromatic rings. The predicted octanol–water partition coefficient (Wildman–Crippen LogP) is 4.78. The number of unbranched alkanes of at least 4 members (excludes halogenated alkanes) is 1. The molecule has 1 aliphatic heterocycles. The van der Waals surface area contributed by atoms with Gasteiger partial charge in [-0.15, -0.1) is 0 Å². The van der Waals surface area contributed by atoms with Gasteiger partial charge in [0.2, 0.25) is 5.91 Å². The number of rotatable bonds is 11. The minimum absolute atomic E-state index is 0.0121. The molecule has 1 amide bonds. The molecule has 4 rings (SSSR count). The Morgan fingerprint density at radius 1 is 1.16 bits per heavy atom. The van der Waals surface area contributed by atoms with Gasteiger partial charge in [0.25, 0.3) is 0 Å². The summed E-state index contributed by atoms with van der Waals surface area (Å²) >= 11 is 0. The Morgan fingerprint density at radius 2 is 2.00 bits per heavy atom. The summed E-state index contributed by atoms with van der Waals surface area (Å²) in [4.78, 5) is 15.3. The molecule has 1 aromatic carbocycles. The van der Waals surface area contributed by atoms with Crippen molar-refractivity contribution in [3.63, 3.8) is 0 Å². The van der Waals surface area contributed by atoms with Gasteiger partial charge in [-0.05, 0) is 87.2 Å². The van der Waals surface area contributed by atoms with Crippen LogP contribution < -0.4 is 4.74 Å². The summed E-state index contributed by atoms with van der Waals surface area (Å²) in [6, 6.07) is 8.59. The molecule has 1 heterocycles. The van der Waals surface area contributed by atoms with E-state index in [2.05, 4.69) is 29.2 Å². The maximum absolute atomic E-state index is 13.2. The van der Waals surface area contributed by atoms with Crippen molar-refractivity contribution in [3.8, 4) is 5.75 Å². The second kappa shape index (κ2) is 11.5. The lowest BCUT2D eigenvalue weighted by atomic mass is 9.77. The number of aliphatic hydroxyl groups excluding tert-OH is 1. The molecular weight excluding hydrogens is 402 g/mol. The van der Waals surface area contributed by atoms with E-state index >= 15 is 0 Å². The number of nitrogens with zero attached hydrogens (tertiary/aromatic N) is 1. The first-order valence-corrected chi connectivity index (χ1v) is 12.8. The van der Waals surface area contributed by atoms with Gasteiger partial charge in [-0.1, -0.05) is 24.6 Å². The first-order chi connectivity index (χ1) is 15.7. The summed E-state index contributed by atoms with van der Waals surface area (Å²) in [6.45, 7) is 3.31. The summed E-state index contributed by atoms with van der Waals surface area (Å²) in [6.07, 6.45) is 10.0. The van der Waals surface area contributed by atoms with Crippen LogP contribution in [-0.2, 0) is 9.53 Å². The van der Waals surface area contributed by atoms with E-state index in [1.54, 1.807) is 7.11 Å². The minimum atomic E-state index is -0.298. The molecule has 1 N–H and O–H groups in total. The molecule has 0 radical (unpaired) electrons. The third-order valence-electron chi connectivity index (χ3n) is 7.70. The average Bonchev–Trinajstić information content (AvgIpc) is 3.56. The highest BCUT2D eigenvalue weighted by molar-refractivity contribution is 5.79. The molecule has 1 unspecified atom stereocenters. The SMILES string of the molecule is COCCCC[C@H](c1ccccc1OCC1CC1)[C@@H]1CCCN(C(=O)C2CC[C@H](O)C2)C1. The predicted molar refractivity (Wildman–Crippen MR) is 126 cm³/mol. The molecule has 32 heavy (non-hydrogen) atoms. The zero-order valence-corrected chi connectivity index (χ0v) is 19.7. The van der Waals surface area contributed by atoms with Crippen molar-refractivity contribution < 1.29 is 19.4 Å². The normalized spacial score (nSPS) is 26.8. The molecule has 2 aliphatic carbocycles. The van der Waals surface area contributed by atoms with E-state index in [4.69, 9.17) is 9.47 Å². The fraction of sp³-hybridized carbons (Fsp3) is 0.741. The Kier molecular flexibility index (Phi) is 8.48. The van der Waals surface area contributed by atoms with Gasteiger partial charge in [0.05, 0.1) is 12.7 Å². The molecule has 0 aromatic heterocycles. The van der Waals surface area contributed by atoms with Crippen molar-refractivity contribution in [2.75, 3.05) is 33.4 Å². The first-order valence-electron chi connectivity index (χ1n) is 12.8. The van der Waals surface area contributed by atoms with Crippen molar-refractivity contribution in [2.24, 2.45) is 17.8 Å². The molecule has 0 spiro atoms. The Hall–Kier alpha value is -1.59. The Balaban J connectivity index is 1.47. The van der Waals surface area contributed by atoms with E-state index in [1.807, 2.05) is 0 Å². The number of amides is 1. The number of carbonyl (C=O) groups is 1. The number of hydrogen-bond donors (Lipinski definition) is 1. The smallest absolute Gasteiger partial charge is 0.225 e. The van der Waals surface area contributed by atoms with Gasteiger partial charge in [-0.2, -0.15) is 0 Å². The summed E-state index contributed by atoms with van der Waals surface area (Å²) in [7, 11) is 1.77. The van der Waals surface area contributed by atoms with Crippen molar-refractivity contribution >= 4 is 5.91 Å². The summed E-state index contributed by atoms with van der Waals surface area (Å²) in [5.74, 6) is 2.89. The Morgan fingerprint density at radius 3 is 2.75 bits per heavy atom. The fourth-order valence-corrected chi connectivity index (χ4v) is 5.65. The highest BCUT2D eigenvalue weighted by Gasteiger charge is 2.36. The molecule has 2 saturated carbocycles. The van der Waals surface area contributed by atoms with Gasteiger partial charge >= 0.3 is 0 Å². The van der Waals surface area contributed by atoms with Crippen LogP contribution in [0.4, 0.5) is 0 Å². The fourth-order valence-electron chi connectivity index (χ4n) is 5.65. The van der Waals surface area contributed by atoms with Gasteiger partial charge in [-0.3, -0.25) is 4.79 Å². The molecule has 178 valence electrons. The summed E-state index contributed by atoms with van der Waals surface area (Å²) in [5, 5.41) is 9.91. The standard InChI is InChI=1S/C27H41NO4/c1-31-16-5-4-8-24(25-9-2-3-10-26(25)32-19-20-11-12-20)22-7-6-15-28(18-22)27(30)21-13-14-23(29)17-21/h2-3,9-10,20-24,29H,4-8,11-19H2,1H3/t21?,22-,23+,24+/m1/s1. The largest absolute Gasteiger partial charge is 0.493 e. The van der Waals surface area contributed by atoms with Gasteiger partial charge in [0, 0.05) is 32.7 Å². The van der Waals surface area contributed by atoms with E-state index in [0.717, 1.165) is 82.9 Å². The number of ether oxygens (including phenoxy) is 2. The maximum atomic E-state index is 13.2. The van der Waals surface area contributed by atoms with E-state index in [9.17, 15) is 9.90 Å². The van der Waals surface area contributed by atoms with Crippen molar-refractivity contribution in [1.82, 2.24) is 4.90 Å². The zero-order valence-electron chi connectivity index (χ0n) is 19.7. The number of methoxy groups -OCH3 is 1. The molecule has 3 aliphatic rings. The number of hydrogen-bond acceptors (Lipinski definition) is 4. The maximum Gasteiger partial charge on any atom is 0.225 e. The van der Waals surface area contributed by atoms with Crippen LogP contribution in [0.3, 0.4) is 0 Å². The van der Waals surface area contributed by atoms with Crippen molar-refractivity contribution in [2.45, 2.75) is 76.2 Å². The van der Waals surface area contributed by atoms with Crippen LogP contribution in [0.5, 0.6) is 5.75 Å². The molecule has 0 bridgehead atoms. The molecule has 1 saturated heterocycles. The van der Waals surface area contributed by atoms with E-state index in [-0.39, 0.29) is 17.9 Å². The monoisotopic (exact) mass is 443 g/mol. The molecular formula is C27H41NO4. The van der Waals surface area contributed by atoms with Gasteiger partial charge < -0.3 is 19.5 Å². The number of benzene rings is 1. The number of piperidine rings is 1. The number of aliphatic hydroxyl groups is 1. The number of para-hydroxylation sites is 1. The molecule has 3 fully saturated rings. The zero-order chi connectivity index (χ0) is 22.3. The highest BCUT2D eigenvalue weighted by Crippen LogP contribution is 2.41. The van der Waals surface area contributed by atoms with Crippen LogP contribution in [0.15, 0.2) is 24.3 Å². The molecule has 5 heteroatoms. The third-order valence-corrected chi connectivity index (χ3v) is 7.70. The Labute approximate surface area is 193 Å². The second-order valence-electron chi connectivity index (χ2n) is 10.2. The van der Waals surface area contributed by atoms with Crippen LogP contribution >= 0.6 is 0 Å². The Bertz CT molecular complexity index is 734. The van der Waals surface area contributed by atoms with Crippen molar-refractivity contribution in [1.29, 1.82) is 0 Å². The van der Waals surface area contributed by atoms with Crippen LogP contribution in [0, 0.1) is 17.8 Å². The topological polar surface area (TPSA) is 59.0 Å². The molecule has 5 nitrogen and oxygen atoms in total. The second-order valence-corrected chi connectivity index (χ2v) is 10.2. The van der Waals surface area contributed by atoms with E-state index in [0.29, 0.717) is 18.3 Å². The summed E-state index contributed by atoms with van der Waals surface area (Å²) < 4.78 is 11.6. The average molecular weight is 444 g/mol. The van der Waals surface area contributed by atoms with Gasteiger partial charge in [0.1, 0.15) is 5.75 Å². The first kappa shape index (κ1) is 23.6.